The summed E-state index contributed by atoms with van der Waals surface area (Å²) >= 11 is 0. The molecule has 37 heavy (non-hydrogen) atoms. The molecule has 0 saturated carbocycles. The van der Waals surface area contributed by atoms with E-state index in [0.29, 0.717) is 11.1 Å². The highest BCUT2D eigenvalue weighted by atomic mass is 16.4. The molecule has 0 aromatic heterocycles. The quantitative estimate of drug-likeness (QED) is 0.469. The Morgan fingerprint density at radius 2 is 0.703 bits per heavy atom. The number of rotatable bonds is 5. The normalized spacial score (nSPS) is 11.1. The molecule has 0 bridgehead atoms. The minimum absolute atomic E-state index is 0.168. The van der Waals surface area contributed by atoms with Gasteiger partial charge in [0.25, 0.3) is 0 Å². The van der Waals surface area contributed by atoms with Crippen LogP contribution in [0.15, 0.2) is 6.07 Å². The Balaban J connectivity index is 2.69. The Hall–Kier alpha value is -3.34. The fourth-order valence-electron chi connectivity index (χ4n) is 6.30. The van der Waals surface area contributed by atoms with E-state index in [-0.39, 0.29) is 6.71 Å². The maximum Gasteiger partial charge on any atom is 0.336 e. The molecule has 2 N–H and O–H groups in total. The average molecular weight is 498 g/mol. The van der Waals surface area contributed by atoms with Crippen LogP contribution in [0.25, 0.3) is 0 Å². The first kappa shape index (κ1) is 28.2. The van der Waals surface area contributed by atoms with Gasteiger partial charge in [0.2, 0.25) is 6.71 Å². The summed E-state index contributed by atoms with van der Waals surface area (Å²) in [7, 11) is 0. The summed E-state index contributed by atoms with van der Waals surface area (Å²) in [4.78, 5) is 24.4. The maximum atomic E-state index is 12.2. The molecule has 0 fully saturated rings. The van der Waals surface area contributed by atoms with Crippen LogP contribution >= 0.6 is 0 Å². The molecule has 0 aliphatic rings. The van der Waals surface area contributed by atoms with Gasteiger partial charge in [0, 0.05) is 0 Å². The Labute approximate surface area is 221 Å². The van der Waals surface area contributed by atoms with Gasteiger partial charge in [0.1, 0.15) is 0 Å². The van der Waals surface area contributed by atoms with Crippen LogP contribution in [-0.2, 0) is 0 Å². The minimum atomic E-state index is -0.909. The van der Waals surface area contributed by atoms with E-state index in [1.54, 1.807) is 0 Å². The third-order valence-corrected chi connectivity index (χ3v) is 9.08. The lowest BCUT2D eigenvalue weighted by Crippen LogP contribution is -2.58. The van der Waals surface area contributed by atoms with Crippen LogP contribution in [0, 0.1) is 83.1 Å². The van der Waals surface area contributed by atoms with E-state index >= 15 is 0 Å². The molecule has 0 spiro atoms. The number of hydrogen-bond donors (Lipinski definition) is 2. The van der Waals surface area contributed by atoms with Crippen molar-refractivity contribution in [1.29, 1.82) is 0 Å². The zero-order valence-electron chi connectivity index (χ0n) is 24.4. The van der Waals surface area contributed by atoms with E-state index in [9.17, 15) is 19.8 Å². The SMILES string of the molecule is Cc1cc(C)c(C)c(B(c2c(C)c(C)c(C(=O)O)c(C)c2C)c2c(C)c(C)c(C(=O)O)c(C)c2C)c1C. The van der Waals surface area contributed by atoms with Crippen molar-refractivity contribution in [2.45, 2.75) is 83.1 Å². The first-order valence-electron chi connectivity index (χ1n) is 12.8. The third kappa shape index (κ3) is 4.29. The van der Waals surface area contributed by atoms with Crippen LogP contribution in [0.3, 0.4) is 0 Å². The molecule has 0 atom stereocenters. The monoisotopic (exact) mass is 498 g/mol. The van der Waals surface area contributed by atoms with E-state index in [2.05, 4.69) is 33.8 Å². The summed E-state index contributed by atoms with van der Waals surface area (Å²) < 4.78 is 0. The van der Waals surface area contributed by atoms with Crippen LogP contribution in [0.2, 0.25) is 0 Å². The standard InChI is InChI=1S/C32H39BO4/c1-14-13-15(2)17(4)28(16(14)3)33(29-22(9)18(5)26(31(34)35)19(6)23(29)10)30-24(11)20(7)27(32(36)37)21(8)25(30)12/h13H,1-12H3,(H,34,35)(H,36,37). The highest BCUT2D eigenvalue weighted by Crippen LogP contribution is 2.26. The van der Waals surface area contributed by atoms with Crippen molar-refractivity contribution in [3.05, 3.63) is 84.0 Å². The van der Waals surface area contributed by atoms with Crippen LogP contribution in [0.5, 0.6) is 0 Å². The number of carbonyl (C=O) groups is 2. The Morgan fingerprint density at radius 1 is 0.459 bits per heavy atom. The molecule has 0 heterocycles. The van der Waals surface area contributed by atoms with Gasteiger partial charge in [-0.25, -0.2) is 9.59 Å². The zero-order chi connectivity index (χ0) is 28.3. The average Bonchev–Trinajstić information content (AvgIpc) is 2.80. The lowest BCUT2D eigenvalue weighted by molar-refractivity contribution is 0.0684. The summed E-state index contributed by atoms with van der Waals surface area (Å²) in [6.45, 7) is 24.1. The van der Waals surface area contributed by atoms with Gasteiger partial charge >= 0.3 is 11.9 Å². The molecule has 0 saturated heterocycles. The molecule has 0 aliphatic heterocycles. The van der Waals surface area contributed by atoms with Gasteiger partial charge < -0.3 is 10.2 Å². The molecule has 3 rings (SSSR count). The van der Waals surface area contributed by atoms with Crippen LogP contribution < -0.4 is 16.4 Å². The molecule has 0 unspecified atom stereocenters. The largest absolute Gasteiger partial charge is 0.478 e. The second-order valence-corrected chi connectivity index (χ2v) is 10.8. The summed E-state index contributed by atoms with van der Waals surface area (Å²) in [6.07, 6.45) is 0. The van der Waals surface area contributed by atoms with Crippen molar-refractivity contribution in [3.8, 4) is 0 Å². The summed E-state index contributed by atoms with van der Waals surface area (Å²) in [5.41, 5.74) is 16.0. The van der Waals surface area contributed by atoms with E-state index in [0.717, 1.165) is 55.4 Å². The van der Waals surface area contributed by atoms with E-state index in [1.165, 1.54) is 27.7 Å². The minimum Gasteiger partial charge on any atom is -0.478 e. The van der Waals surface area contributed by atoms with Crippen LogP contribution in [-0.4, -0.2) is 28.9 Å². The van der Waals surface area contributed by atoms with Crippen molar-refractivity contribution in [2.75, 3.05) is 0 Å². The predicted molar refractivity (Wildman–Crippen MR) is 155 cm³/mol. The van der Waals surface area contributed by atoms with Crippen molar-refractivity contribution in [3.63, 3.8) is 0 Å². The van der Waals surface area contributed by atoms with Crippen molar-refractivity contribution in [1.82, 2.24) is 0 Å². The molecule has 5 heteroatoms. The van der Waals surface area contributed by atoms with E-state index in [1.807, 2.05) is 55.4 Å². The fraction of sp³-hybridized carbons (Fsp3) is 0.375. The van der Waals surface area contributed by atoms with Crippen LogP contribution in [0.1, 0.15) is 87.5 Å². The highest BCUT2D eigenvalue weighted by molar-refractivity contribution is 6.97. The summed E-state index contributed by atoms with van der Waals surface area (Å²) in [5.74, 6) is -1.82. The van der Waals surface area contributed by atoms with Gasteiger partial charge in [-0.3, -0.25) is 0 Å². The topological polar surface area (TPSA) is 74.6 Å². The zero-order valence-corrected chi connectivity index (χ0v) is 24.4. The second-order valence-electron chi connectivity index (χ2n) is 10.8. The van der Waals surface area contributed by atoms with Gasteiger partial charge in [-0.2, -0.15) is 0 Å². The highest BCUT2D eigenvalue weighted by Gasteiger charge is 2.35. The first-order valence-corrected chi connectivity index (χ1v) is 12.8. The molecule has 194 valence electrons. The molecular weight excluding hydrogens is 459 g/mol. The summed E-state index contributed by atoms with van der Waals surface area (Å²) in [5, 5.41) is 20.0. The van der Waals surface area contributed by atoms with Gasteiger partial charge in [-0.1, -0.05) is 55.8 Å². The Kier molecular flexibility index (Phi) is 7.52. The summed E-state index contributed by atoms with van der Waals surface area (Å²) in [6, 6.07) is 2.22. The van der Waals surface area contributed by atoms with Crippen molar-refractivity contribution < 1.29 is 19.8 Å². The van der Waals surface area contributed by atoms with E-state index < -0.39 is 11.9 Å². The molecule has 3 aromatic carbocycles. The second kappa shape index (κ2) is 9.85. The number of aryl methyl sites for hydroxylation is 2. The van der Waals surface area contributed by atoms with Gasteiger partial charge in [-0.15, -0.1) is 0 Å². The molecule has 4 nitrogen and oxygen atoms in total. The Bertz CT molecular complexity index is 1330. The van der Waals surface area contributed by atoms with Gasteiger partial charge in [0.15, 0.2) is 0 Å². The maximum absolute atomic E-state index is 12.2. The molecule has 3 aromatic rings. The number of carboxylic acids is 2. The number of benzene rings is 3. The number of aromatic carboxylic acids is 2. The number of carboxylic acid groups (broad SMARTS) is 2. The lowest BCUT2D eigenvalue weighted by atomic mass is 9.32. The molecule has 0 amide bonds. The number of hydrogen-bond acceptors (Lipinski definition) is 2. The van der Waals surface area contributed by atoms with Crippen molar-refractivity contribution in [2.24, 2.45) is 0 Å². The van der Waals surface area contributed by atoms with Crippen molar-refractivity contribution >= 4 is 35.0 Å². The lowest BCUT2D eigenvalue weighted by Gasteiger charge is -2.31. The first-order chi connectivity index (χ1) is 17.1. The van der Waals surface area contributed by atoms with Gasteiger partial charge in [0.05, 0.1) is 11.1 Å². The Morgan fingerprint density at radius 3 is 0.946 bits per heavy atom. The smallest absolute Gasteiger partial charge is 0.336 e. The molecular formula is C32H39BO4. The third-order valence-electron chi connectivity index (χ3n) is 9.08. The molecule has 0 radical (unpaired) electrons. The fourth-order valence-corrected chi connectivity index (χ4v) is 6.30. The van der Waals surface area contributed by atoms with Crippen LogP contribution in [0.4, 0.5) is 0 Å². The molecule has 0 aliphatic carbocycles. The van der Waals surface area contributed by atoms with Gasteiger partial charge in [-0.05, 0) is 116 Å². The predicted octanol–water partition coefficient (Wildman–Crippen LogP) is 5.30. The van der Waals surface area contributed by atoms with E-state index in [4.69, 9.17) is 0 Å².